The van der Waals surface area contributed by atoms with Gasteiger partial charge in [-0.3, -0.25) is 0 Å². The summed E-state index contributed by atoms with van der Waals surface area (Å²) in [6.45, 7) is 0. The van der Waals surface area contributed by atoms with E-state index in [9.17, 15) is 4.79 Å². The predicted molar refractivity (Wildman–Crippen MR) is 55.8 cm³/mol. The van der Waals surface area contributed by atoms with E-state index in [0.29, 0.717) is 5.70 Å². The summed E-state index contributed by atoms with van der Waals surface area (Å²) in [5, 5.41) is 6.63. The van der Waals surface area contributed by atoms with Crippen LogP contribution >= 0.6 is 27.7 Å². The summed E-state index contributed by atoms with van der Waals surface area (Å²) in [4.78, 5) is 11.1. The molecular formula is C7H9BrN2O2S. The van der Waals surface area contributed by atoms with Crippen LogP contribution < -0.4 is 10.6 Å². The molecule has 0 saturated carbocycles. The number of methoxy groups -OCH3 is 1. The Kier molecular flexibility index (Phi) is 3.68. The van der Waals surface area contributed by atoms with Crippen LogP contribution in [-0.2, 0) is 9.53 Å². The van der Waals surface area contributed by atoms with Gasteiger partial charge < -0.3 is 15.4 Å². The molecule has 0 amide bonds. The van der Waals surface area contributed by atoms with E-state index in [4.69, 9.17) is 0 Å². The molecule has 0 unspecified atom stereocenters. The lowest BCUT2D eigenvalue weighted by molar-refractivity contribution is -0.136. The van der Waals surface area contributed by atoms with Gasteiger partial charge in [-0.05, 0) is 15.9 Å². The van der Waals surface area contributed by atoms with Gasteiger partial charge in [0.05, 0.1) is 16.0 Å². The van der Waals surface area contributed by atoms with E-state index in [1.807, 2.05) is 0 Å². The van der Waals surface area contributed by atoms with Crippen LogP contribution in [-0.4, -0.2) is 20.1 Å². The highest BCUT2D eigenvalue weighted by atomic mass is 79.9. The quantitative estimate of drug-likeness (QED) is 0.732. The summed E-state index contributed by atoms with van der Waals surface area (Å²) in [7, 11) is 3.14. The normalized spacial score (nSPS) is 18.8. The van der Waals surface area contributed by atoms with E-state index in [1.165, 1.54) is 18.9 Å². The second kappa shape index (κ2) is 4.57. The molecule has 0 spiro atoms. The number of nitrogens with one attached hydrogen (secondary N) is 2. The molecule has 0 saturated heterocycles. The molecule has 0 aromatic heterocycles. The Morgan fingerprint density at radius 1 is 1.77 bits per heavy atom. The molecule has 0 aliphatic carbocycles. The molecule has 0 atom stereocenters. The summed E-state index contributed by atoms with van der Waals surface area (Å²) in [5.74, 6) is -0.376. The van der Waals surface area contributed by atoms with Crippen molar-refractivity contribution >= 4 is 33.7 Å². The fraction of sp³-hybridized carbons (Fsp3) is 0.286. The van der Waals surface area contributed by atoms with E-state index < -0.39 is 0 Å². The summed E-state index contributed by atoms with van der Waals surface area (Å²) >= 11 is 4.69. The minimum Gasteiger partial charge on any atom is -0.464 e. The molecule has 13 heavy (non-hydrogen) atoms. The van der Waals surface area contributed by atoms with Gasteiger partial charge in [-0.2, -0.15) is 0 Å². The Morgan fingerprint density at radius 3 is 3.00 bits per heavy atom. The van der Waals surface area contributed by atoms with Crippen molar-refractivity contribution in [1.29, 1.82) is 0 Å². The Balaban J connectivity index is 2.73. The van der Waals surface area contributed by atoms with Gasteiger partial charge in [-0.15, -0.1) is 0 Å². The summed E-state index contributed by atoms with van der Waals surface area (Å²) in [6, 6.07) is 0. The molecule has 0 aromatic carbocycles. The highest BCUT2D eigenvalue weighted by molar-refractivity contribution is 9.14. The van der Waals surface area contributed by atoms with Gasteiger partial charge in [-0.25, -0.2) is 4.79 Å². The lowest BCUT2D eigenvalue weighted by Gasteiger charge is -2.01. The third kappa shape index (κ3) is 2.41. The first-order chi connectivity index (χ1) is 6.19. The van der Waals surface area contributed by atoms with Crippen LogP contribution in [0, 0.1) is 0 Å². The molecule has 6 heteroatoms. The van der Waals surface area contributed by atoms with Crippen molar-refractivity contribution in [3.8, 4) is 0 Å². The van der Waals surface area contributed by atoms with Crippen molar-refractivity contribution < 1.29 is 9.53 Å². The minimum absolute atomic E-state index is 0.376. The molecule has 1 aliphatic heterocycles. The highest BCUT2D eigenvalue weighted by Gasteiger charge is 2.23. The molecule has 0 aromatic rings. The number of thioether (sulfide) groups is 1. The van der Waals surface area contributed by atoms with Gasteiger partial charge in [0.25, 0.3) is 0 Å². The van der Waals surface area contributed by atoms with Crippen molar-refractivity contribution in [3.63, 3.8) is 0 Å². The fourth-order valence-electron chi connectivity index (χ4n) is 0.775. The highest BCUT2D eigenvalue weighted by Crippen LogP contribution is 2.37. The van der Waals surface area contributed by atoms with Gasteiger partial charge >= 0.3 is 5.97 Å². The lowest BCUT2D eigenvalue weighted by atomic mass is 10.5. The Labute approximate surface area is 88.9 Å². The van der Waals surface area contributed by atoms with Crippen LogP contribution in [0.2, 0.25) is 0 Å². The Morgan fingerprint density at radius 2 is 2.46 bits per heavy atom. The summed E-state index contributed by atoms with van der Waals surface area (Å²) < 4.78 is 5.32. The number of rotatable bonds is 2. The predicted octanol–water partition coefficient (Wildman–Crippen LogP) is 1.08. The number of esters is 1. The van der Waals surface area contributed by atoms with E-state index in [0.717, 1.165) is 8.84 Å². The molecule has 2 N–H and O–H groups in total. The Bertz CT molecular complexity index is 288. The van der Waals surface area contributed by atoms with Crippen LogP contribution in [0.4, 0.5) is 0 Å². The van der Waals surface area contributed by atoms with Crippen LogP contribution in [0.5, 0.6) is 0 Å². The zero-order valence-corrected chi connectivity index (χ0v) is 9.58. The number of carbonyl (C=O) groups is 1. The number of hydrogen-bond acceptors (Lipinski definition) is 5. The van der Waals surface area contributed by atoms with Gasteiger partial charge in [0.1, 0.15) is 5.70 Å². The largest absolute Gasteiger partial charge is 0.464 e. The van der Waals surface area contributed by atoms with Crippen LogP contribution in [0.15, 0.2) is 20.7 Å². The monoisotopic (exact) mass is 264 g/mol. The zero-order chi connectivity index (χ0) is 9.84. The molecule has 72 valence electrons. The van der Waals surface area contributed by atoms with Crippen molar-refractivity contribution in [3.05, 3.63) is 20.7 Å². The summed E-state index contributed by atoms with van der Waals surface area (Å²) in [5.41, 5.74) is 0.439. The first kappa shape index (κ1) is 10.5. The molecule has 1 heterocycles. The Hall–Kier alpha value is -0.620. The molecule has 0 fully saturated rings. The smallest absolute Gasteiger partial charge is 0.356 e. The van der Waals surface area contributed by atoms with Gasteiger partial charge in [0.15, 0.2) is 0 Å². The maximum atomic E-state index is 11.1. The minimum atomic E-state index is -0.376. The second-order valence-electron chi connectivity index (χ2n) is 2.16. The number of ether oxygens (including phenoxy) is 1. The van der Waals surface area contributed by atoms with E-state index in [1.54, 1.807) is 13.2 Å². The fourth-order valence-corrected chi connectivity index (χ4v) is 2.32. The van der Waals surface area contributed by atoms with E-state index >= 15 is 0 Å². The molecule has 4 nitrogen and oxygen atoms in total. The van der Waals surface area contributed by atoms with Gasteiger partial charge in [0.2, 0.25) is 0 Å². The van der Waals surface area contributed by atoms with Crippen molar-refractivity contribution in [2.24, 2.45) is 0 Å². The number of halogens is 1. The van der Waals surface area contributed by atoms with E-state index in [2.05, 4.69) is 31.3 Å². The van der Waals surface area contributed by atoms with Gasteiger partial charge in [-0.1, -0.05) is 11.8 Å². The summed E-state index contributed by atoms with van der Waals surface area (Å²) in [6.07, 6.45) is 1.77. The third-order valence-corrected chi connectivity index (χ3v) is 3.01. The first-order valence-electron chi connectivity index (χ1n) is 3.49. The van der Waals surface area contributed by atoms with Crippen LogP contribution in [0.3, 0.4) is 0 Å². The molecule has 0 bridgehead atoms. The van der Waals surface area contributed by atoms with E-state index in [-0.39, 0.29) is 5.97 Å². The number of carbonyl (C=O) groups excluding carboxylic acids is 1. The molecule has 0 radical (unpaired) electrons. The van der Waals surface area contributed by atoms with Crippen molar-refractivity contribution in [1.82, 2.24) is 10.6 Å². The van der Waals surface area contributed by atoms with Gasteiger partial charge in [0, 0.05) is 13.2 Å². The van der Waals surface area contributed by atoms with Crippen molar-refractivity contribution in [2.45, 2.75) is 0 Å². The standard InChI is InChI=1S/C7H9BrN2O2S/c1-9-3-4-10-5(6(8)13-4)7(11)12-2/h3,9-10H,1-2H3/b4-3+. The third-order valence-electron chi connectivity index (χ3n) is 1.31. The molecular weight excluding hydrogens is 256 g/mol. The lowest BCUT2D eigenvalue weighted by Crippen LogP contribution is -2.17. The average Bonchev–Trinajstić information content (AvgIpc) is 2.46. The zero-order valence-electron chi connectivity index (χ0n) is 7.18. The van der Waals surface area contributed by atoms with Crippen LogP contribution in [0.25, 0.3) is 0 Å². The molecule has 1 aliphatic rings. The number of hydrogen-bond donors (Lipinski definition) is 2. The first-order valence-corrected chi connectivity index (χ1v) is 5.10. The molecule has 1 rings (SSSR count). The van der Waals surface area contributed by atoms with Crippen LogP contribution in [0.1, 0.15) is 0 Å². The maximum Gasteiger partial charge on any atom is 0.356 e. The van der Waals surface area contributed by atoms with Crippen molar-refractivity contribution in [2.75, 3.05) is 14.2 Å². The topological polar surface area (TPSA) is 50.4 Å². The average molecular weight is 265 g/mol. The second-order valence-corrected chi connectivity index (χ2v) is 4.53. The maximum absolute atomic E-state index is 11.1. The SMILES string of the molecule is CN/C=C1\NC(C(=O)OC)=C(Br)S1.